The van der Waals surface area contributed by atoms with Gasteiger partial charge in [0, 0.05) is 4.90 Å². The van der Waals surface area contributed by atoms with Crippen LogP contribution in [-0.2, 0) is 0 Å². The maximum Gasteiger partial charge on any atom is 0.133 e. The summed E-state index contributed by atoms with van der Waals surface area (Å²) < 4.78 is 6.02. The van der Waals surface area contributed by atoms with E-state index in [-0.39, 0.29) is 0 Å². The first-order chi connectivity index (χ1) is 9.15. The first kappa shape index (κ1) is 14.4. The quantitative estimate of drug-likeness (QED) is 0.844. The molecule has 0 saturated heterocycles. The first-order valence-electron chi connectivity index (χ1n) is 5.81. The first-order valence-corrected chi connectivity index (χ1v) is 7.83. The van der Waals surface area contributed by atoms with E-state index in [0.29, 0.717) is 0 Å². The monoisotopic (exact) mass is 338 g/mol. The summed E-state index contributed by atoms with van der Waals surface area (Å²) in [4.78, 5) is 1.19. The maximum atomic E-state index is 10.4. The highest BCUT2D eigenvalue weighted by atomic mass is 79.9. The second-order valence-corrected chi connectivity index (χ2v) is 5.80. The van der Waals surface area contributed by atoms with Crippen LogP contribution in [0.4, 0.5) is 0 Å². The minimum atomic E-state index is -0.627. The van der Waals surface area contributed by atoms with Gasteiger partial charge in [-0.1, -0.05) is 18.2 Å². The molecule has 1 atom stereocenters. The van der Waals surface area contributed by atoms with Crippen molar-refractivity contribution in [2.45, 2.75) is 11.0 Å². The van der Waals surface area contributed by atoms with E-state index in [9.17, 15) is 5.11 Å². The van der Waals surface area contributed by atoms with Gasteiger partial charge in [0.2, 0.25) is 0 Å². The van der Waals surface area contributed by atoms with E-state index < -0.39 is 6.10 Å². The van der Waals surface area contributed by atoms with E-state index in [1.807, 2.05) is 48.7 Å². The highest BCUT2D eigenvalue weighted by molar-refractivity contribution is 9.10. The van der Waals surface area contributed by atoms with Crippen molar-refractivity contribution in [1.82, 2.24) is 0 Å². The molecule has 0 saturated carbocycles. The third-order valence-corrected chi connectivity index (χ3v) is 4.29. The molecule has 1 unspecified atom stereocenters. The molecule has 2 nitrogen and oxygen atoms in total. The lowest BCUT2D eigenvalue weighted by Gasteiger charge is -2.13. The maximum absolute atomic E-state index is 10.4. The molecule has 0 fully saturated rings. The van der Waals surface area contributed by atoms with Crippen LogP contribution in [-0.4, -0.2) is 18.5 Å². The predicted octanol–water partition coefficient (Wildman–Crippen LogP) is 4.26. The second-order valence-electron chi connectivity index (χ2n) is 4.07. The van der Waals surface area contributed by atoms with Crippen molar-refractivity contribution < 1.29 is 9.84 Å². The molecule has 0 spiro atoms. The molecule has 1 N–H and O–H groups in total. The second kappa shape index (κ2) is 6.46. The van der Waals surface area contributed by atoms with Crippen LogP contribution >= 0.6 is 27.7 Å². The molecule has 0 aliphatic heterocycles. The van der Waals surface area contributed by atoms with Gasteiger partial charge in [0.05, 0.1) is 11.6 Å². The minimum Gasteiger partial charge on any atom is -0.496 e. The Labute approximate surface area is 125 Å². The van der Waals surface area contributed by atoms with Crippen LogP contribution in [0.2, 0.25) is 0 Å². The van der Waals surface area contributed by atoms with Gasteiger partial charge in [-0.05, 0) is 57.6 Å². The van der Waals surface area contributed by atoms with Gasteiger partial charge in [0.1, 0.15) is 11.9 Å². The van der Waals surface area contributed by atoms with E-state index in [2.05, 4.69) is 15.9 Å². The van der Waals surface area contributed by atoms with Crippen LogP contribution in [0.3, 0.4) is 0 Å². The van der Waals surface area contributed by atoms with Crippen LogP contribution in [0.25, 0.3) is 0 Å². The third-order valence-electron chi connectivity index (χ3n) is 2.92. The lowest BCUT2D eigenvalue weighted by atomic mass is 10.0. The fourth-order valence-corrected chi connectivity index (χ4v) is 2.80. The predicted molar refractivity (Wildman–Crippen MR) is 83.0 cm³/mol. The van der Waals surface area contributed by atoms with Gasteiger partial charge in [-0.15, -0.1) is 11.8 Å². The normalized spacial score (nSPS) is 12.2. The van der Waals surface area contributed by atoms with E-state index in [1.165, 1.54) is 4.90 Å². The lowest BCUT2D eigenvalue weighted by molar-refractivity contribution is 0.220. The van der Waals surface area contributed by atoms with Crippen molar-refractivity contribution in [2.24, 2.45) is 0 Å². The van der Waals surface area contributed by atoms with Gasteiger partial charge in [0.25, 0.3) is 0 Å². The number of aliphatic hydroxyl groups is 1. The molecule has 19 heavy (non-hydrogen) atoms. The standard InChI is InChI=1S/C15H15BrO2S/c1-18-14-8-5-11(9-13(14)16)15(17)10-3-6-12(19-2)7-4-10/h3-9,15,17H,1-2H3. The molecule has 0 heterocycles. The molecule has 0 radical (unpaired) electrons. The van der Waals surface area contributed by atoms with Crippen molar-refractivity contribution >= 4 is 27.7 Å². The van der Waals surface area contributed by atoms with Crippen molar-refractivity contribution in [2.75, 3.05) is 13.4 Å². The molecule has 2 aromatic carbocycles. The molecular formula is C15H15BrO2S. The average molecular weight is 339 g/mol. The Bertz CT molecular complexity index is 555. The Kier molecular flexibility index (Phi) is 4.91. The summed E-state index contributed by atoms with van der Waals surface area (Å²) >= 11 is 5.12. The number of benzene rings is 2. The van der Waals surface area contributed by atoms with E-state index in [0.717, 1.165) is 21.3 Å². The molecule has 2 aromatic rings. The zero-order chi connectivity index (χ0) is 13.8. The lowest BCUT2D eigenvalue weighted by Crippen LogP contribution is -2.00. The summed E-state index contributed by atoms with van der Waals surface area (Å²) in [5, 5.41) is 10.4. The average Bonchev–Trinajstić information content (AvgIpc) is 2.46. The molecule has 0 aliphatic rings. The number of rotatable bonds is 4. The summed E-state index contributed by atoms with van der Waals surface area (Å²) in [6.45, 7) is 0. The summed E-state index contributed by atoms with van der Waals surface area (Å²) in [5.74, 6) is 0.758. The number of methoxy groups -OCH3 is 1. The third kappa shape index (κ3) is 3.32. The number of ether oxygens (including phenoxy) is 1. The van der Waals surface area contributed by atoms with Crippen molar-refractivity contribution in [3.63, 3.8) is 0 Å². The molecule has 0 aliphatic carbocycles. The molecule has 0 amide bonds. The van der Waals surface area contributed by atoms with Crippen LogP contribution < -0.4 is 4.74 Å². The Morgan fingerprint density at radius 3 is 2.26 bits per heavy atom. The van der Waals surface area contributed by atoms with E-state index in [1.54, 1.807) is 18.9 Å². The van der Waals surface area contributed by atoms with Crippen molar-refractivity contribution in [1.29, 1.82) is 0 Å². The van der Waals surface area contributed by atoms with Crippen LogP contribution in [0.5, 0.6) is 5.75 Å². The van der Waals surface area contributed by atoms with E-state index >= 15 is 0 Å². The highest BCUT2D eigenvalue weighted by Gasteiger charge is 2.12. The molecule has 0 bridgehead atoms. The van der Waals surface area contributed by atoms with Gasteiger partial charge in [-0.3, -0.25) is 0 Å². The largest absolute Gasteiger partial charge is 0.496 e. The van der Waals surface area contributed by atoms with Gasteiger partial charge in [0.15, 0.2) is 0 Å². The number of thioether (sulfide) groups is 1. The fourth-order valence-electron chi connectivity index (χ4n) is 1.83. The molecule has 2 rings (SSSR count). The zero-order valence-electron chi connectivity index (χ0n) is 10.8. The molecule has 0 aromatic heterocycles. The van der Waals surface area contributed by atoms with Crippen molar-refractivity contribution in [3.8, 4) is 5.75 Å². The Balaban J connectivity index is 2.27. The highest BCUT2D eigenvalue weighted by Crippen LogP contribution is 2.31. The number of halogens is 1. The fraction of sp³-hybridized carbons (Fsp3) is 0.200. The molecule has 4 heteroatoms. The van der Waals surface area contributed by atoms with Crippen LogP contribution in [0.1, 0.15) is 17.2 Å². The minimum absolute atomic E-state index is 0.627. The SMILES string of the molecule is COc1ccc(C(O)c2ccc(SC)cc2)cc1Br. The van der Waals surface area contributed by atoms with Gasteiger partial charge in [-0.25, -0.2) is 0 Å². The zero-order valence-corrected chi connectivity index (χ0v) is 13.2. The smallest absolute Gasteiger partial charge is 0.133 e. The summed E-state index contributed by atoms with van der Waals surface area (Å²) in [6, 6.07) is 13.5. The number of hydrogen-bond donors (Lipinski definition) is 1. The van der Waals surface area contributed by atoms with Crippen LogP contribution in [0.15, 0.2) is 51.8 Å². The van der Waals surface area contributed by atoms with E-state index in [4.69, 9.17) is 4.74 Å². The number of hydrogen-bond acceptors (Lipinski definition) is 3. The Morgan fingerprint density at radius 1 is 1.11 bits per heavy atom. The summed E-state index contributed by atoms with van der Waals surface area (Å²) in [7, 11) is 1.62. The topological polar surface area (TPSA) is 29.5 Å². The van der Waals surface area contributed by atoms with Crippen molar-refractivity contribution in [3.05, 3.63) is 58.1 Å². The molecule has 100 valence electrons. The molecular weight excluding hydrogens is 324 g/mol. The van der Waals surface area contributed by atoms with Crippen LogP contribution in [0, 0.1) is 0 Å². The van der Waals surface area contributed by atoms with Gasteiger partial charge >= 0.3 is 0 Å². The van der Waals surface area contributed by atoms with Gasteiger partial charge in [-0.2, -0.15) is 0 Å². The summed E-state index contributed by atoms with van der Waals surface area (Å²) in [5.41, 5.74) is 1.72. The van der Waals surface area contributed by atoms with Gasteiger partial charge < -0.3 is 9.84 Å². The summed E-state index contributed by atoms with van der Waals surface area (Å²) in [6.07, 6.45) is 1.41. The Hall–Kier alpha value is -0.970. The number of aliphatic hydroxyl groups excluding tert-OH is 1. The Morgan fingerprint density at radius 2 is 1.74 bits per heavy atom.